The minimum absolute atomic E-state index is 0.0982. The third-order valence-electron chi connectivity index (χ3n) is 6.29. The van der Waals surface area contributed by atoms with Crippen LogP contribution in [0.15, 0.2) is 24.3 Å². The Kier molecular flexibility index (Phi) is 7.78. The zero-order chi connectivity index (χ0) is 20.0. The summed E-state index contributed by atoms with van der Waals surface area (Å²) in [7, 11) is 0. The maximum absolute atomic E-state index is 6.18. The van der Waals surface area contributed by atoms with Gasteiger partial charge in [0, 0.05) is 32.8 Å². The first-order valence-electron chi connectivity index (χ1n) is 11.1. The van der Waals surface area contributed by atoms with Crippen LogP contribution in [0.4, 0.5) is 0 Å². The first-order chi connectivity index (χ1) is 13.4. The Morgan fingerprint density at radius 2 is 1.89 bits per heavy atom. The van der Waals surface area contributed by atoms with E-state index in [4.69, 9.17) is 14.2 Å². The van der Waals surface area contributed by atoms with Gasteiger partial charge >= 0.3 is 0 Å². The Labute approximate surface area is 171 Å². The lowest BCUT2D eigenvalue weighted by molar-refractivity contribution is -0.0488. The molecule has 3 rings (SSSR count). The highest BCUT2D eigenvalue weighted by Crippen LogP contribution is 2.31. The van der Waals surface area contributed by atoms with Crippen molar-refractivity contribution in [3.8, 4) is 5.75 Å². The zero-order valence-electron chi connectivity index (χ0n) is 18.3. The van der Waals surface area contributed by atoms with E-state index < -0.39 is 0 Å². The predicted octanol–water partition coefficient (Wildman–Crippen LogP) is 4.52. The van der Waals surface area contributed by atoms with E-state index in [-0.39, 0.29) is 5.41 Å². The molecule has 2 saturated heterocycles. The molecule has 0 N–H and O–H groups in total. The van der Waals surface area contributed by atoms with Crippen LogP contribution in [0.5, 0.6) is 5.75 Å². The van der Waals surface area contributed by atoms with E-state index in [1.807, 2.05) is 0 Å². The van der Waals surface area contributed by atoms with E-state index >= 15 is 0 Å². The van der Waals surface area contributed by atoms with Crippen LogP contribution in [0.2, 0.25) is 0 Å². The molecule has 158 valence electrons. The van der Waals surface area contributed by atoms with Gasteiger partial charge in [0.15, 0.2) is 0 Å². The minimum Gasteiger partial charge on any atom is -0.492 e. The van der Waals surface area contributed by atoms with E-state index in [2.05, 4.69) is 56.9 Å². The molecule has 1 aromatic carbocycles. The second-order valence-corrected chi connectivity index (χ2v) is 9.55. The number of ether oxygens (including phenoxy) is 3. The molecule has 0 bridgehead atoms. The fraction of sp³-hybridized carbons (Fsp3) is 0.750. The number of hydrogen-bond donors (Lipinski definition) is 0. The number of nitrogens with zero attached hydrogens (tertiary/aromatic N) is 1. The van der Waals surface area contributed by atoms with Crippen LogP contribution >= 0.6 is 0 Å². The Bertz CT molecular complexity index is 592. The van der Waals surface area contributed by atoms with Crippen molar-refractivity contribution < 1.29 is 14.2 Å². The summed E-state index contributed by atoms with van der Waals surface area (Å²) in [6.45, 7) is 15.5. The summed E-state index contributed by atoms with van der Waals surface area (Å²) in [6, 6.07) is 8.43. The third kappa shape index (κ3) is 6.20. The standard InChI is InChI=1S/C24H39NO3/c1-19(20-9-13-26-14-10-20)17-21-18-25(11-15-27-21)12-16-28-23-8-6-5-7-22(23)24(2,3)4/h5-8,19-21H,9-18H2,1-4H3. The van der Waals surface area contributed by atoms with Gasteiger partial charge in [-0.05, 0) is 48.1 Å². The fourth-order valence-electron chi connectivity index (χ4n) is 4.51. The summed E-state index contributed by atoms with van der Waals surface area (Å²) in [4.78, 5) is 2.50. The minimum atomic E-state index is 0.0982. The van der Waals surface area contributed by atoms with Crippen LogP contribution in [0.25, 0.3) is 0 Å². The largest absolute Gasteiger partial charge is 0.492 e. The first-order valence-corrected chi connectivity index (χ1v) is 11.1. The van der Waals surface area contributed by atoms with Crippen molar-refractivity contribution in [3.63, 3.8) is 0 Å². The second kappa shape index (κ2) is 10.1. The van der Waals surface area contributed by atoms with Gasteiger partial charge in [-0.15, -0.1) is 0 Å². The Morgan fingerprint density at radius 3 is 2.64 bits per heavy atom. The highest BCUT2D eigenvalue weighted by Gasteiger charge is 2.27. The normalized spacial score (nSPS) is 23.5. The van der Waals surface area contributed by atoms with Gasteiger partial charge in [0.25, 0.3) is 0 Å². The van der Waals surface area contributed by atoms with Gasteiger partial charge in [-0.2, -0.15) is 0 Å². The zero-order valence-corrected chi connectivity index (χ0v) is 18.3. The fourth-order valence-corrected chi connectivity index (χ4v) is 4.51. The monoisotopic (exact) mass is 389 g/mol. The van der Waals surface area contributed by atoms with Crippen LogP contribution in [-0.4, -0.2) is 57.1 Å². The molecule has 2 fully saturated rings. The molecular weight excluding hydrogens is 350 g/mol. The number of para-hydroxylation sites is 1. The second-order valence-electron chi connectivity index (χ2n) is 9.55. The molecule has 2 atom stereocenters. The molecule has 0 amide bonds. The van der Waals surface area contributed by atoms with E-state index in [0.717, 1.165) is 64.2 Å². The van der Waals surface area contributed by atoms with Gasteiger partial charge in [-0.1, -0.05) is 45.9 Å². The molecule has 4 nitrogen and oxygen atoms in total. The van der Waals surface area contributed by atoms with Crippen LogP contribution < -0.4 is 4.74 Å². The number of benzene rings is 1. The van der Waals surface area contributed by atoms with Crippen LogP contribution in [-0.2, 0) is 14.9 Å². The Morgan fingerprint density at radius 1 is 1.14 bits per heavy atom. The number of morpholine rings is 1. The topological polar surface area (TPSA) is 30.9 Å². The quantitative estimate of drug-likeness (QED) is 0.686. The van der Waals surface area contributed by atoms with Crippen LogP contribution in [0.3, 0.4) is 0 Å². The molecule has 0 spiro atoms. The molecule has 2 unspecified atom stereocenters. The lowest BCUT2D eigenvalue weighted by Crippen LogP contribution is -2.45. The van der Waals surface area contributed by atoms with Crippen molar-refractivity contribution >= 4 is 0 Å². The molecule has 2 aliphatic rings. The highest BCUT2D eigenvalue weighted by molar-refractivity contribution is 5.38. The van der Waals surface area contributed by atoms with E-state index in [0.29, 0.717) is 12.0 Å². The molecule has 2 heterocycles. The summed E-state index contributed by atoms with van der Waals surface area (Å²) in [5.74, 6) is 2.53. The van der Waals surface area contributed by atoms with Crippen molar-refractivity contribution in [3.05, 3.63) is 29.8 Å². The molecule has 0 aromatic heterocycles. The predicted molar refractivity (Wildman–Crippen MR) is 114 cm³/mol. The molecular formula is C24H39NO3. The van der Waals surface area contributed by atoms with E-state index in [1.165, 1.54) is 18.4 Å². The van der Waals surface area contributed by atoms with Crippen LogP contribution in [0.1, 0.15) is 52.5 Å². The van der Waals surface area contributed by atoms with Crippen molar-refractivity contribution in [1.29, 1.82) is 0 Å². The van der Waals surface area contributed by atoms with Gasteiger partial charge in [-0.25, -0.2) is 0 Å². The van der Waals surface area contributed by atoms with Crippen molar-refractivity contribution in [2.24, 2.45) is 11.8 Å². The summed E-state index contributed by atoms with van der Waals surface area (Å²) in [6.07, 6.45) is 3.93. The van der Waals surface area contributed by atoms with Crippen molar-refractivity contribution in [1.82, 2.24) is 4.90 Å². The maximum atomic E-state index is 6.18. The van der Waals surface area contributed by atoms with Gasteiger partial charge in [0.05, 0.1) is 12.7 Å². The lowest BCUT2D eigenvalue weighted by Gasteiger charge is -2.36. The third-order valence-corrected chi connectivity index (χ3v) is 6.29. The maximum Gasteiger partial charge on any atom is 0.123 e. The Balaban J connectivity index is 1.44. The summed E-state index contributed by atoms with van der Waals surface area (Å²) >= 11 is 0. The molecule has 2 aliphatic heterocycles. The molecule has 0 radical (unpaired) electrons. The van der Waals surface area contributed by atoms with Gasteiger partial charge in [0.1, 0.15) is 12.4 Å². The van der Waals surface area contributed by atoms with Gasteiger partial charge < -0.3 is 14.2 Å². The summed E-state index contributed by atoms with van der Waals surface area (Å²) < 4.78 is 17.8. The van der Waals surface area contributed by atoms with E-state index in [1.54, 1.807) is 0 Å². The first kappa shape index (κ1) is 21.6. The van der Waals surface area contributed by atoms with Gasteiger partial charge in [-0.3, -0.25) is 4.90 Å². The number of rotatable bonds is 7. The molecule has 0 aliphatic carbocycles. The van der Waals surface area contributed by atoms with Crippen molar-refractivity contribution in [2.45, 2.75) is 58.5 Å². The SMILES string of the molecule is CC(CC1CN(CCOc2ccccc2C(C)(C)C)CCO1)C1CCOCC1. The summed E-state index contributed by atoms with van der Waals surface area (Å²) in [5, 5.41) is 0. The number of hydrogen-bond acceptors (Lipinski definition) is 4. The average molecular weight is 390 g/mol. The van der Waals surface area contributed by atoms with Gasteiger partial charge in [0.2, 0.25) is 0 Å². The average Bonchev–Trinajstić information content (AvgIpc) is 2.68. The summed E-state index contributed by atoms with van der Waals surface area (Å²) in [5.41, 5.74) is 1.38. The smallest absolute Gasteiger partial charge is 0.123 e. The molecule has 28 heavy (non-hydrogen) atoms. The molecule has 1 aromatic rings. The lowest BCUT2D eigenvalue weighted by atomic mass is 9.83. The molecule has 4 heteroatoms. The Hall–Kier alpha value is -1.10. The van der Waals surface area contributed by atoms with E-state index in [9.17, 15) is 0 Å². The van der Waals surface area contributed by atoms with Crippen molar-refractivity contribution in [2.75, 3.05) is 46.1 Å². The molecule has 0 saturated carbocycles. The highest BCUT2D eigenvalue weighted by atomic mass is 16.5. The van der Waals surface area contributed by atoms with Crippen LogP contribution in [0, 0.1) is 11.8 Å².